The van der Waals surface area contributed by atoms with Gasteiger partial charge in [0.2, 0.25) is 0 Å². The van der Waals surface area contributed by atoms with Gasteiger partial charge in [0.1, 0.15) is 0 Å². The highest BCUT2D eigenvalue weighted by atomic mass is 28.4. The number of nitrogens with one attached hydrogen (secondary N) is 1. The Morgan fingerprint density at radius 1 is 0.905 bits per heavy atom. The van der Waals surface area contributed by atoms with E-state index in [1.54, 1.807) is 0 Å². The lowest BCUT2D eigenvalue weighted by Gasteiger charge is -2.57. The zero-order chi connectivity index (χ0) is 29.8. The molecule has 1 aromatic heterocycles. The first-order chi connectivity index (χ1) is 20.1. The van der Waals surface area contributed by atoms with Gasteiger partial charge >= 0.3 is 0 Å². The smallest absolute Gasteiger partial charge is 0.261 e. The average molecular weight is 587 g/mol. The second-order valence-corrected chi connectivity index (χ2v) is 19.3. The summed E-state index contributed by atoms with van der Waals surface area (Å²) in [5.41, 5.74) is 2.62. The first-order valence-electron chi connectivity index (χ1n) is 16.1. The summed E-state index contributed by atoms with van der Waals surface area (Å²) in [5, 5.41) is 32.0. The van der Waals surface area contributed by atoms with Gasteiger partial charge < -0.3 is 14.6 Å². The molecule has 6 heteroatoms. The maximum absolute atomic E-state index is 11.0. The molecule has 2 saturated carbocycles. The van der Waals surface area contributed by atoms with E-state index in [1.165, 1.54) is 21.6 Å². The van der Waals surface area contributed by atoms with Gasteiger partial charge in [-0.25, -0.2) is 0 Å². The van der Waals surface area contributed by atoms with Crippen LogP contribution < -0.4 is 10.4 Å². The molecule has 0 bridgehead atoms. The van der Waals surface area contributed by atoms with E-state index in [1.807, 2.05) is 6.20 Å². The van der Waals surface area contributed by atoms with Crippen molar-refractivity contribution < 1.29 is 14.6 Å². The SMILES string of the molecule is CC(C)(C)[Si](O[C@H]1CC[C@](C)([C@H]2CC[C@]3(C)c4[nH]ncc4C[C@H]3[C@@H]2CO)[C@@H](CO)C1)(c1ccccc1)c1ccccc1. The second kappa shape index (κ2) is 11.0. The minimum absolute atomic E-state index is 0.0384. The van der Waals surface area contributed by atoms with Crippen LogP contribution in [0.5, 0.6) is 0 Å². The van der Waals surface area contributed by atoms with Crippen molar-refractivity contribution >= 4 is 18.7 Å². The van der Waals surface area contributed by atoms with Crippen LogP contribution in [0.15, 0.2) is 66.9 Å². The Morgan fingerprint density at radius 2 is 1.55 bits per heavy atom. The third-order valence-electron chi connectivity index (χ3n) is 12.1. The molecule has 226 valence electrons. The number of aromatic amines is 1. The monoisotopic (exact) mass is 586 g/mol. The van der Waals surface area contributed by atoms with Crippen LogP contribution >= 0.6 is 0 Å². The molecule has 0 aliphatic heterocycles. The minimum Gasteiger partial charge on any atom is -0.404 e. The third kappa shape index (κ3) is 4.56. The lowest BCUT2D eigenvalue weighted by atomic mass is 9.49. The molecule has 3 aliphatic rings. The average Bonchev–Trinajstić information content (AvgIpc) is 3.57. The molecule has 0 saturated heterocycles. The molecule has 2 fully saturated rings. The minimum atomic E-state index is -2.67. The molecular formula is C36H50N2O3Si. The van der Waals surface area contributed by atoms with Gasteiger partial charge in [-0.1, -0.05) is 95.3 Å². The summed E-state index contributed by atoms with van der Waals surface area (Å²) in [5.74, 6) is 1.15. The molecule has 3 aromatic rings. The van der Waals surface area contributed by atoms with Crippen molar-refractivity contribution in [3.05, 3.63) is 78.1 Å². The predicted octanol–water partition coefficient (Wildman–Crippen LogP) is 5.60. The number of rotatable bonds is 7. The van der Waals surface area contributed by atoms with Crippen LogP contribution in [0.25, 0.3) is 0 Å². The molecular weight excluding hydrogens is 536 g/mol. The third-order valence-corrected chi connectivity index (χ3v) is 17.2. The van der Waals surface area contributed by atoms with Crippen molar-refractivity contribution in [1.29, 1.82) is 0 Å². The van der Waals surface area contributed by atoms with Crippen LogP contribution in [0, 0.1) is 29.1 Å². The molecule has 42 heavy (non-hydrogen) atoms. The number of fused-ring (bicyclic) bond motifs is 3. The molecule has 3 aliphatic carbocycles. The summed E-state index contributed by atoms with van der Waals surface area (Å²) in [6.07, 6.45) is 8.10. The number of aliphatic hydroxyl groups is 2. The summed E-state index contributed by atoms with van der Waals surface area (Å²) >= 11 is 0. The number of hydrogen-bond acceptors (Lipinski definition) is 4. The van der Waals surface area contributed by atoms with E-state index in [9.17, 15) is 10.2 Å². The highest BCUT2D eigenvalue weighted by Gasteiger charge is 2.59. The van der Waals surface area contributed by atoms with Crippen molar-refractivity contribution in [2.75, 3.05) is 13.2 Å². The Bertz CT molecular complexity index is 1320. The van der Waals surface area contributed by atoms with Gasteiger partial charge in [-0.3, -0.25) is 5.10 Å². The first-order valence-corrected chi connectivity index (χ1v) is 18.0. The molecule has 1 heterocycles. The van der Waals surface area contributed by atoms with E-state index in [0.717, 1.165) is 38.5 Å². The van der Waals surface area contributed by atoms with Gasteiger partial charge in [-0.15, -0.1) is 0 Å². The van der Waals surface area contributed by atoms with Crippen molar-refractivity contribution in [3.8, 4) is 0 Å². The van der Waals surface area contributed by atoms with Crippen molar-refractivity contribution in [1.82, 2.24) is 10.2 Å². The maximum atomic E-state index is 11.0. The first kappa shape index (κ1) is 29.8. The largest absolute Gasteiger partial charge is 0.404 e. The molecule has 0 amide bonds. The van der Waals surface area contributed by atoms with Crippen LogP contribution in [0.3, 0.4) is 0 Å². The molecule has 0 spiro atoms. The Balaban J connectivity index is 1.30. The molecule has 6 rings (SSSR count). The summed E-state index contributed by atoms with van der Waals surface area (Å²) in [4.78, 5) is 0. The lowest BCUT2D eigenvalue weighted by Crippen LogP contribution is -2.68. The number of aliphatic hydroxyl groups excluding tert-OH is 2. The van der Waals surface area contributed by atoms with E-state index in [2.05, 4.69) is 105 Å². The Hall–Kier alpha value is -2.25. The summed E-state index contributed by atoms with van der Waals surface area (Å²) in [6.45, 7) is 12.2. The number of H-pyrrole nitrogens is 1. The Labute approximate surface area is 253 Å². The summed E-state index contributed by atoms with van der Waals surface area (Å²) in [6, 6.07) is 21.8. The van der Waals surface area contributed by atoms with Crippen molar-refractivity contribution in [2.45, 2.75) is 89.7 Å². The number of hydrogen-bond donors (Lipinski definition) is 3. The number of nitrogens with zero attached hydrogens (tertiary/aromatic N) is 1. The quantitative estimate of drug-likeness (QED) is 0.315. The molecule has 0 unspecified atom stereocenters. The van der Waals surface area contributed by atoms with Crippen molar-refractivity contribution in [2.24, 2.45) is 29.1 Å². The topological polar surface area (TPSA) is 78.4 Å². The van der Waals surface area contributed by atoms with E-state index in [-0.39, 0.29) is 47.0 Å². The predicted molar refractivity (Wildman–Crippen MR) is 171 cm³/mol. The number of benzene rings is 2. The number of aromatic nitrogens is 2. The van der Waals surface area contributed by atoms with E-state index in [4.69, 9.17) is 4.43 Å². The van der Waals surface area contributed by atoms with Gasteiger partial charge in [-0.2, -0.15) is 5.10 Å². The van der Waals surface area contributed by atoms with Crippen LogP contribution in [-0.2, 0) is 16.3 Å². The van der Waals surface area contributed by atoms with Crippen molar-refractivity contribution in [3.63, 3.8) is 0 Å². The van der Waals surface area contributed by atoms with E-state index >= 15 is 0 Å². The Kier molecular flexibility index (Phi) is 7.83. The zero-order valence-corrected chi connectivity index (χ0v) is 27.1. The molecule has 2 aromatic carbocycles. The fourth-order valence-corrected chi connectivity index (χ4v) is 14.5. The van der Waals surface area contributed by atoms with Gasteiger partial charge in [0.25, 0.3) is 8.32 Å². The van der Waals surface area contributed by atoms with Gasteiger partial charge in [0.15, 0.2) is 0 Å². The fraction of sp³-hybridized carbons (Fsp3) is 0.583. The second-order valence-electron chi connectivity index (χ2n) is 15.1. The molecule has 7 atom stereocenters. The van der Waals surface area contributed by atoms with E-state index < -0.39 is 8.32 Å². The maximum Gasteiger partial charge on any atom is 0.261 e. The summed E-state index contributed by atoms with van der Waals surface area (Å²) < 4.78 is 7.57. The van der Waals surface area contributed by atoms with Gasteiger partial charge in [0.05, 0.1) is 6.20 Å². The molecule has 3 N–H and O–H groups in total. The fourth-order valence-electron chi connectivity index (χ4n) is 9.77. The molecule has 0 radical (unpaired) electrons. The summed E-state index contributed by atoms with van der Waals surface area (Å²) in [7, 11) is -2.67. The van der Waals surface area contributed by atoms with Crippen LogP contribution in [0.1, 0.15) is 78.0 Å². The van der Waals surface area contributed by atoms with Gasteiger partial charge in [0, 0.05) is 30.4 Å². The van der Waals surface area contributed by atoms with Crippen LogP contribution in [0.2, 0.25) is 5.04 Å². The lowest BCUT2D eigenvalue weighted by molar-refractivity contribution is -0.0974. The highest BCUT2D eigenvalue weighted by Crippen LogP contribution is 2.61. The zero-order valence-electron chi connectivity index (χ0n) is 26.1. The van der Waals surface area contributed by atoms with Crippen LogP contribution in [0.4, 0.5) is 0 Å². The molecule has 5 nitrogen and oxygen atoms in total. The van der Waals surface area contributed by atoms with E-state index in [0.29, 0.717) is 11.8 Å². The van der Waals surface area contributed by atoms with Gasteiger partial charge in [-0.05, 0) is 88.6 Å². The van der Waals surface area contributed by atoms with Crippen LogP contribution in [-0.4, -0.2) is 48.0 Å². The Morgan fingerprint density at radius 3 is 2.12 bits per heavy atom. The standard InChI is InChI=1S/C36H50N2O3Si/c1-34(2,3)42(28-12-8-6-9-13-28,29-14-10-7-11-15-29)41-27-16-18-35(4,26(21-27)23-39)31-17-19-36(5)32(30(31)24-40)20-25-22-37-38-33(25)36/h6-15,22,26-27,30-32,39-40H,16-21,23-24H2,1-5H3,(H,37,38)/t26-,27+,30-,31+,32+,35+,36+/m1/s1. The normalized spacial score (nSPS) is 33.3. The highest BCUT2D eigenvalue weighted by molar-refractivity contribution is 6.99.